The fourth-order valence-corrected chi connectivity index (χ4v) is 3.32. The maximum atomic E-state index is 12.9. The van der Waals surface area contributed by atoms with E-state index in [2.05, 4.69) is 14.7 Å². The Morgan fingerprint density at radius 1 is 1.08 bits per heavy atom. The van der Waals surface area contributed by atoms with Gasteiger partial charge >= 0.3 is 0 Å². The summed E-state index contributed by atoms with van der Waals surface area (Å²) in [5, 5.41) is 5.30. The molecule has 24 heavy (non-hydrogen) atoms. The zero-order valence-electron chi connectivity index (χ0n) is 12.6. The number of hydrogen-bond donors (Lipinski definition) is 1. The molecule has 0 bridgehead atoms. The van der Waals surface area contributed by atoms with Gasteiger partial charge in [0.05, 0.1) is 0 Å². The highest BCUT2D eigenvalue weighted by Crippen LogP contribution is 2.21. The summed E-state index contributed by atoms with van der Waals surface area (Å²) in [5.41, 5.74) is 2.01. The molecule has 3 nitrogen and oxygen atoms in total. The predicted molar refractivity (Wildman–Crippen MR) is 97.8 cm³/mol. The van der Waals surface area contributed by atoms with Gasteiger partial charge in [0.25, 0.3) is 0 Å². The smallest absolute Gasteiger partial charge is 0.202 e. The average Bonchev–Trinajstić information content (AvgIpc) is 2.99. The molecule has 0 aliphatic heterocycles. The first-order valence-corrected chi connectivity index (χ1v) is 8.88. The third-order valence-electron chi connectivity index (χ3n) is 3.43. The Morgan fingerprint density at radius 3 is 2.62 bits per heavy atom. The Balaban J connectivity index is 1.53. The molecule has 0 aliphatic rings. The minimum absolute atomic E-state index is 0.242. The first kappa shape index (κ1) is 17.1. The van der Waals surface area contributed by atoms with Crippen LogP contribution >= 0.6 is 34.7 Å². The summed E-state index contributed by atoms with van der Waals surface area (Å²) in [6.45, 7) is 0.701. The lowest BCUT2D eigenvalue weighted by Gasteiger charge is -2.05. The number of halogens is 3. The zero-order valence-corrected chi connectivity index (χ0v) is 14.9. The fourth-order valence-electron chi connectivity index (χ4n) is 2.21. The van der Waals surface area contributed by atoms with Gasteiger partial charge in [-0.2, -0.15) is 4.37 Å². The molecule has 0 saturated carbocycles. The van der Waals surface area contributed by atoms with E-state index in [1.807, 2.05) is 12.1 Å². The van der Waals surface area contributed by atoms with Crippen molar-refractivity contribution in [3.05, 3.63) is 75.3 Å². The minimum Gasteiger partial charge on any atom is -0.360 e. The van der Waals surface area contributed by atoms with E-state index in [9.17, 15) is 4.39 Å². The molecule has 0 fully saturated rings. The van der Waals surface area contributed by atoms with Crippen LogP contribution < -0.4 is 5.32 Å². The first-order chi connectivity index (χ1) is 11.6. The van der Waals surface area contributed by atoms with Crippen molar-refractivity contribution in [1.29, 1.82) is 0 Å². The number of aromatic nitrogens is 2. The molecule has 7 heteroatoms. The lowest BCUT2D eigenvalue weighted by Crippen LogP contribution is -2.05. The second kappa shape index (κ2) is 7.92. The molecule has 0 saturated heterocycles. The Bertz CT molecular complexity index is 821. The minimum atomic E-state index is -0.242. The predicted octanol–water partition coefficient (Wildman–Crippen LogP) is 5.23. The van der Waals surface area contributed by atoms with E-state index in [1.165, 1.54) is 23.7 Å². The van der Waals surface area contributed by atoms with Crippen LogP contribution in [-0.2, 0) is 12.8 Å². The third kappa shape index (κ3) is 4.66. The van der Waals surface area contributed by atoms with E-state index >= 15 is 0 Å². The van der Waals surface area contributed by atoms with Crippen LogP contribution in [0.1, 0.15) is 17.0 Å². The number of nitrogens with one attached hydrogen (secondary N) is 1. The summed E-state index contributed by atoms with van der Waals surface area (Å²) in [7, 11) is 0. The van der Waals surface area contributed by atoms with Crippen LogP contribution in [0.15, 0.2) is 42.5 Å². The van der Waals surface area contributed by atoms with Crippen molar-refractivity contribution in [2.75, 3.05) is 11.9 Å². The second-order valence-corrected chi connectivity index (χ2v) is 6.83. The highest BCUT2D eigenvalue weighted by molar-refractivity contribution is 7.09. The van der Waals surface area contributed by atoms with Gasteiger partial charge < -0.3 is 5.32 Å². The summed E-state index contributed by atoms with van der Waals surface area (Å²) < 4.78 is 17.2. The lowest BCUT2D eigenvalue weighted by molar-refractivity contribution is 0.627. The topological polar surface area (TPSA) is 37.8 Å². The Hall–Kier alpha value is -1.69. The normalized spacial score (nSPS) is 10.8. The SMILES string of the molecule is Fc1ccc(Cc2nsc(NCCc3ccc(Cl)cc3Cl)n2)cc1. The Kier molecular flexibility index (Phi) is 5.66. The van der Waals surface area contributed by atoms with Crippen LogP contribution in [-0.4, -0.2) is 15.9 Å². The molecule has 0 aliphatic carbocycles. The number of hydrogen-bond acceptors (Lipinski definition) is 4. The van der Waals surface area contributed by atoms with Crippen molar-refractivity contribution in [2.45, 2.75) is 12.8 Å². The monoisotopic (exact) mass is 381 g/mol. The van der Waals surface area contributed by atoms with E-state index in [-0.39, 0.29) is 5.82 Å². The van der Waals surface area contributed by atoms with Gasteiger partial charge in [0, 0.05) is 34.5 Å². The largest absolute Gasteiger partial charge is 0.360 e. The van der Waals surface area contributed by atoms with Crippen LogP contribution in [0.2, 0.25) is 10.0 Å². The summed E-state index contributed by atoms with van der Waals surface area (Å²) >= 11 is 13.4. The number of benzene rings is 2. The fraction of sp³-hybridized carbons (Fsp3) is 0.176. The summed E-state index contributed by atoms with van der Waals surface area (Å²) in [4.78, 5) is 4.44. The molecule has 3 rings (SSSR count). The van der Waals surface area contributed by atoms with Gasteiger partial charge in [-0.25, -0.2) is 9.37 Å². The molecular formula is C17H14Cl2FN3S. The molecule has 1 heterocycles. The van der Waals surface area contributed by atoms with Crippen LogP contribution in [0.25, 0.3) is 0 Å². The molecule has 124 valence electrons. The first-order valence-electron chi connectivity index (χ1n) is 7.35. The van der Waals surface area contributed by atoms with Crippen LogP contribution in [0, 0.1) is 5.82 Å². The third-order valence-corrected chi connectivity index (χ3v) is 4.73. The van der Waals surface area contributed by atoms with Crippen molar-refractivity contribution in [3.63, 3.8) is 0 Å². The lowest BCUT2D eigenvalue weighted by atomic mass is 10.1. The standard InChI is InChI=1S/C17H14Cl2FN3S/c18-13-4-3-12(15(19)10-13)7-8-21-17-22-16(23-24-17)9-11-1-5-14(20)6-2-11/h1-6,10H,7-9H2,(H,21,22,23). The molecule has 3 aromatic rings. The summed E-state index contributed by atoms with van der Waals surface area (Å²) in [6.07, 6.45) is 1.35. The van der Waals surface area contributed by atoms with E-state index in [0.717, 1.165) is 28.5 Å². The highest BCUT2D eigenvalue weighted by Gasteiger charge is 2.06. The molecule has 1 aromatic heterocycles. The van der Waals surface area contributed by atoms with Gasteiger partial charge in [-0.15, -0.1) is 0 Å². The van der Waals surface area contributed by atoms with Crippen LogP contribution in [0.3, 0.4) is 0 Å². The maximum absolute atomic E-state index is 12.9. The molecule has 0 amide bonds. The van der Waals surface area contributed by atoms with E-state index in [0.29, 0.717) is 23.0 Å². The van der Waals surface area contributed by atoms with E-state index < -0.39 is 0 Å². The van der Waals surface area contributed by atoms with Gasteiger partial charge in [-0.3, -0.25) is 0 Å². The van der Waals surface area contributed by atoms with Gasteiger partial charge in [0.1, 0.15) is 11.6 Å². The Morgan fingerprint density at radius 2 is 1.88 bits per heavy atom. The molecule has 0 atom stereocenters. The van der Waals surface area contributed by atoms with Crippen molar-refractivity contribution >= 4 is 39.9 Å². The van der Waals surface area contributed by atoms with E-state index in [4.69, 9.17) is 23.2 Å². The maximum Gasteiger partial charge on any atom is 0.202 e. The average molecular weight is 382 g/mol. The van der Waals surface area contributed by atoms with Crippen molar-refractivity contribution in [2.24, 2.45) is 0 Å². The molecular weight excluding hydrogens is 368 g/mol. The van der Waals surface area contributed by atoms with Gasteiger partial charge in [0.15, 0.2) is 0 Å². The van der Waals surface area contributed by atoms with Gasteiger partial charge in [-0.05, 0) is 41.8 Å². The van der Waals surface area contributed by atoms with Crippen LogP contribution in [0.4, 0.5) is 9.52 Å². The number of rotatable bonds is 6. The van der Waals surface area contributed by atoms with Gasteiger partial charge in [-0.1, -0.05) is 41.4 Å². The van der Waals surface area contributed by atoms with E-state index in [1.54, 1.807) is 18.2 Å². The quantitative estimate of drug-likeness (QED) is 0.635. The van der Waals surface area contributed by atoms with Crippen molar-refractivity contribution in [1.82, 2.24) is 9.36 Å². The molecule has 0 radical (unpaired) electrons. The van der Waals surface area contributed by atoms with Gasteiger partial charge in [0.2, 0.25) is 5.13 Å². The van der Waals surface area contributed by atoms with Crippen LogP contribution in [0.5, 0.6) is 0 Å². The second-order valence-electron chi connectivity index (χ2n) is 5.23. The number of nitrogens with zero attached hydrogens (tertiary/aromatic N) is 2. The summed E-state index contributed by atoms with van der Waals surface area (Å²) in [5.74, 6) is 0.479. The van der Waals surface area contributed by atoms with Crippen molar-refractivity contribution in [3.8, 4) is 0 Å². The highest BCUT2D eigenvalue weighted by atomic mass is 35.5. The van der Waals surface area contributed by atoms with Crippen molar-refractivity contribution < 1.29 is 4.39 Å². The molecule has 1 N–H and O–H groups in total. The molecule has 0 unspecified atom stereocenters. The summed E-state index contributed by atoms with van der Waals surface area (Å²) in [6, 6.07) is 11.9. The molecule has 2 aromatic carbocycles. The zero-order chi connectivity index (χ0) is 16.9. The number of anilines is 1. The molecule has 0 spiro atoms. The Labute approximate surface area is 153 Å².